The third-order valence-electron chi connectivity index (χ3n) is 2.96. The summed E-state index contributed by atoms with van der Waals surface area (Å²) in [5, 5.41) is 3.98. The van der Waals surface area contributed by atoms with Crippen LogP contribution in [0.25, 0.3) is 0 Å². The van der Waals surface area contributed by atoms with Crippen molar-refractivity contribution in [3.8, 4) is 11.5 Å². The Balaban J connectivity index is 2.23. The number of aromatic nitrogens is 1. The quantitative estimate of drug-likeness (QED) is 0.804. The highest BCUT2D eigenvalue weighted by Crippen LogP contribution is 2.33. The van der Waals surface area contributed by atoms with Gasteiger partial charge in [-0.15, -0.1) is 0 Å². The van der Waals surface area contributed by atoms with Crippen LogP contribution in [0.15, 0.2) is 36.5 Å². The summed E-state index contributed by atoms with van der Waals surface area (Å²) >= 11 is 6.27. The minimum absolute atomic E-state index is 0.615. The minimum Gasteiger partial charge on any atom is -0.454 e. The molecule has 0 bridgehead atoms. The summed E-state index contributed by atoms with van der Waals surface area (Å²) in [6.45, 7) is 5.77. The number of aryl methyl sites for hydroxylation is 1. The van der Waals surface area contributed by atoms with Gasteiger partial charge >= 0.3 is 0 Å². The number of nitrogens with one attached hydrogen (secondary N) is 1. The van der Waals surface area contributed by atoms with E-state index in [-0.39, 0.29) is 0 Å². The topological polar surface area (TPSA) is 34.1 Å². The standard InChI is InChI=1S/C16H19ClN2O/c1-3-9-18-11-13-6-4-7-14(17)16(13)20-15-8-5-10-19-12(15)2/h4-8,10,18H,3,9,11H2,1-2H3. The number of hydrogen-bond donors (Lipinski definition) is 1. The molecule has 2 aromatic rings. The molecule has 4 heteroatoms. The average molecular weight is 291 g/mol. The molecule has 3 nitrogen and oxygen atoms in total. The summed E-state index contributed by atoms with van der Waals surface area (Å²) < 4.78 is 5.97. The third kappa shape index (κ3) is 3.71. The van der Waals surface area contributed by atoms with Crippen LogP contribution in [0.1, 0.15) is 24.6 Å². The van der Waals surface area contributed by atoms with E-state index >= 15 is 0 Å². The number of ether oxygens (including phenoxy) is 1. The van der Waals surface area contributed by atoms with Gasteiger partial charge in [0.15, 0.2) is 5.75 Å². The van der Waals surface area contributed by atoms with E-state index in [2.05, 4.69) is 17.2 Å². The van der Waals surface area contributed by atoms with Gasteiger partial charge in [0.25, 0.3) is 0 Å². The lowest BCUT2D eigenvalue weighted by molar-refractivity contribution is 0.466. The summed E-state index contributed by atoms with van der Waals surface area (Å²) in [6, 6.07) is 9.55. The molecule has 0 aliphatic rings. The molecule has 0 saturated carbocycles. The second-order valence-corrected chi connectivity index (χ2v) is 5.00. The Hall–Kier alpha value is -1.58. The number of rotatable bonds is 6. The van der Waals surface area contributed by atoms with Gasteiger partial charge in [0, 0.05) is 18.3 Å². The van der Waals surface area contributed by atoms with Gasteiger partial charge in [-0.2, -0.15) is 0 Å². The van der Waals surface area contributed by atoms with Crippen LogP contribution < -0.4 is 10.1 Å². The lowest BCUT2D eigenvalue weighted by atomic mass is 10.2. The molecule has 0 fully saturated rings. The third-order valence-corrected chi connectivity index (χ3v) is 3.26. The van der Waals surface area contributed by atoms with Crippen molar-refractivity contribution in [3.05, 3.63) is 52.8 Å². The number of benzene rings is 1. The minimum atomic E-state index is 0.615. The summed E-state index contributed by atoms with van der Waals surface area (Å²) in [5.41, 5.74) is 1.90. The molecule has 106 valence electrons. The zero-order valence-electron chi connectivity index (χ0n) is 11.8. The SMILES string of the molecule is CCCNCc1cccc(Cl)c1Oc1cccnc1C. The van der Waals surface area contributed by atoms with Crippen LogP contribution in [0, 0.1) is 6.92 Å². The first-order valence-electron chi connectivity index (χ1n) is 6.80. The highest BCUT2D eigenvalue weighted by Gasteiger charge is 2.11. The van der Waals surface area contributed by atoms with Crippen molar-refractivity contribution in [2.45, 2.75) is 26.8 Å². The maximum atomic E-state index is 6.27. The van der Waals surface area contributed by atoms with E-state index in [0.717, 1.165) is 36.5 Å². The molecule has 0 unspecified atom stereocenters. The van der Waals surface area contributed by atoms with Crippen LogP contribution in [0.5, 0.6) is 11.5 Å². The smallest absolute Gasteiger partial charge is 0.150 e. The van der Waals surface area contributed by atoms with Crippen molar-refractivity contribution in [1.82, 2.24) is 10.3 Å². The van der Waals surface area contributed by atoms with Crippen molar-refractivity contribution in [1.29, 1.82) is 0 Å². The van der Waals surface area contributed by atoms with Gasteiger partial charge in [0.1, 0.15) is 5.75 Å². The fraction of sp³-hybridized carbons (Fsp3) is 0.312. The Morgan fingerprint density at radius 2 is 2.10 bits per heavy atom. The van der Waals surface area contributed by atoms with Gasteiger partial charge in [-0.1, -0.05) is 30.7 Å². The van der Waals surface area contributed by atoms with E-state index in [4.69, 9.17) is 16.3 Å². The Kier molecular flexibility index (Phi) is 5.39. The molecular formula is C16H19ClN2O. The lowest BCUT2D eigenvalue weighted by Gasteiger charge is -2.14. The monoisotopic (exact) mass is 290 g/mol. The van der Waals surface area contributed by atoms with E-state index < -0.39 is 0 Å². The molecule has 1 aromatic carbocycles. The van der Waals surface area contributed by atoms with Crippen LogP contribution in [-0.4, -0.2) is 11.5 Å². The molecule has 0 spiro atoms. The molecule has 1 aromatic heterocycles. The normalized spacial score (nSPS) is 10.6. The van der Waals surface area contributed by atoms with Crippen molar-refractivity contribution in [2.75, 3.05) is 6.54 Å². The summed E-state index contributed by atoms with van der Waals surface area (Å²) in [5.74, 6) is 1.44. The van der Waals surface area contributed by atoms with E-state index in [0.29, 0.717) is 10.8 Å². The summed E-state index contributed by atoms with van der Waals surface area (Å²) in [7, 11) is 0. The second-order valence-electron chi connectivity index (χ2n) is 4.59. The highest BCUT2D eigenvalue weighted by molar-refractivity contribution is 6.32. The Morgan fingerprint density at radius 3 is 2.85 bits per heavy atom. The van der Waals surface area contributed by atoms with E-state index in [1.54, 1.807) is 6.20 Å². The summed E-state index contributed by atoms with van der Waals surface area (Å²) in [4.78, 5) is 4.23. The first-order chi connectivity index (χ1) is 9.72. The van der Waals surface area contributed by atoms with E-state index in [9.17, 15) is 0 Å². The Labute approximate surface area is 124 Å². The lowest BCUT2D eigenvalue weighted by Crippen LogP contribution is -2.14. The number of halogens is 1. The molecule has 0 aliphatic heterocycles. The molecule has 0 amide bonds. The first-order valence-corrected chi connectivity index (χ1v) is 7.17. The molecule has 1 N–H and O–H groups in total. The molecule has 2 rings (SSSR count). The highest BCUT2D eigenvalue weighted by atomic mass is 35.5. The molecule has 0 atom stereocenters. The number of para-hydroxylation sites is 1. The Morgan fingerprint density at radius 1 is 1.25 bits per heavy atom. The number of nitrogens with zero attached hydrogens (tertiary/aromatic N) is 1. The van der Waals surface area contributed by atoms with E-state index in [1.165, 1.54) is 0 Å². The van der Waals surface area contributed by atoms with Gasteiger partial charge in [-0.3, -0.25) is 4.98 Å². The van der Waals surface area contributed by atoms with Gasteiger partial charge < -0.3 is 10.1 Å². The van der Waals surface area contributed by atoms with Crippen LogP contribution in [0.4, 0.5) is 0 Å². The molecule has 20 heavy (non-hydrogen) atoms. The van der Waals surface area contributed by atoms with Gasteiger partial charge in [0.05, 0.1) is 10.7 Å². The van der Waals surface area contributed by atoms with E-state index in [1.807, 2.05) is 37.3 Å². The predicted octanol–water partition coefficient (Wildman–Crippen LogP) is 4.34. The van der Waals surface area contributed by atoms with Crippen molar-refractivity contribution < 1.29 is 4.74 Å². The maximum absolute atomic E-state index is 6.27. The largest absolute Gasteiger partial charge is 0.454 e. The number of pyridine rings is 1. The molecule has 0 radical (unpaired) electrons. The first kappa shape index (κ1) is 14.8. The van der Waals surface area contributed by atoms with Crippen LogP contribution in [-0.2, 0) is 6.54 Å². The fourth-order valence-corrected chi connectivity index (χ4v) is 2.13. The fourth-order valence-electron chi connectivity index (χ4n) is 1.89. The Bertz CT molecular complexity index is 572. The van der Waals surface area contributed by atoms with Crippen LogP contribution in [0.3, 0.4) is 0 Å². The maximum Gasteiger partial charge on any atom is 0.150 e. The van der Waals surface area contributed by atoms with Crippen molar-refractivity contribution >= 4 is 11.6 Å². The molecule has 0 saturated heterocycles. The predicted molar refractivity (Wildman–Crippen MR) is 82.5 cm³/mol. The van der Waals surface area contributed by atoms with Crippen molar-refractivity contribution in [2.24, 2.45) is 0 Å². The molecule has 0 aliphatic carbocycles. The second kappa shape index (κ2) is 7.27. The summed E-state index contributed by atoms with van der Waals surface area (Å²) in [6.07, 6.45) is 2.84. The zero-order chi connectivity index (χ0) is 14.4. The van der Waals surface area contributed by atoms with Gasteiger partial charge in [0.2, 0.25) is 0 Å². The molecule has 1 heterocycles. The van der Waals surface area contributed by atoms with Gasteiger partial charge in [-0.25, -0.2) is 0 Å². The molecular weight excluding hydrogens is 272 g/mol. The van der Waals surface area contributed by atoms with Crippen LogP contribution in [0.2, 0.25) is 5.02 Å². The van der Waals surface area contributed by atoms with Crippen molar-refractivity contribution in [3.63, 3.8) is 0 Å². The average Bonchev–Trinajstić information content (AvgIpc) is 2.44. The zero-order valence-corrected chi connectivity index (χ0v) is 12.6. The van der Waals surface area contributed by atoms with Gasteiger partial charge in [-0.05, 0) is 38.1 Å². The number of hydrogen-bond acceptors (Lipinski definition) is 3. The van der Waals surface area contributed by atoms with Crippen LogP contribution >= 0.6 is 11.6 Å².